The Morgan fingerprint density at radius 3 is 2.94 bits per heavy atom. The molecule has 1 aliphatic rings. The van der Waals surface area contributed by atoms with Gasteiger partial charge < -0.3 is 14.8 Å². The molecule has 2 rings (SSSR count). The van der Waals surface area contributed by atoms with E-state index in [4.69, 9.17) is 9.47 Å². The van der Waals surface area contributed by atoms with Crippen LogP contribution in [-0.4, -0.2) is 25.7 Å². The third-order valence-corrected chi connectivity index (χ3v) is 2.58. The van der Waals surface area contributed by atoms with Crippen molar-refractivity contribution in [1.29, 1.82) is 0 Å². The third kappa shape index (κ3) is 3.68. The van der Waals surface area contributed by atoms with E-state index in [0.717, 1.165) is 11.1 Å². The summed E-state index contributed by atoms with van der Waals surface area (Å²) in [4.78, 5) is 10.7. The SMILES string of the molecule is CC(=O)NCC=Cc1cccc(C2OCCO2)c1. The minimum atomic E-state index is -0.242. The summed E-state index contributed by atoms with van der Waals surface area (Å²) in [7, 11) is 0. The van der Waals surface area contributed by atoms with Gasteiger partial charge in [0.15, 0.2) is 6.29 Å². The molecule has 0 aromatic heterocycles. The quantitative estimate of drug-likeness (QED) is 0.883. The maximum atomic E-state index is 10.7. The molecule has 1 aromatic carbocycles. The predicted octanol–water partition coefficient (Wildman–Crippen LogP) is 1.88. The number of hydrogen-bond acceptors (Lipinski definition) is 3. The van der Waals surface area contributed by atoms with Gasteiger partial charge in [-0.2, -0.15) is 0 Å². The first-order valence-corrected chi connectivity index (χ1v) is 6.00. The summed E-state index contributed by atoms with van der Waals surface area (Å²) in [6, 6.07) is 7.99. The number of carbonyl (C=O) groups excluding carboxylic acids is 1. The molecular weight excluding hydrogens is 230 g/mol. The lowest BCUT2D eigenvalue weighted by atomic mass is 10.1. The summed E-state index contributed by atoms with van der Waals surface area (Å²) in [5.74, 6) is -0.0267. The van der Waals surface area contributed by atoms with E-state index in [-0.39, 0.29) is 12.2 Å². The topological polar surface area (TPSA) is 47.6 Å². The van der Waals surface area contributed by atoms with Crippen molar-refractivity contribution in [3.63, 3.8) is 0 Å². The molecule has 4 heteroatoms. The van der Waals surface area contributed by atoms with Crippen LogP contribution in [0.4, 0.5) is 0 Å². The molecule has 0 unspecified atom stereocenters. The average molecular weight is 247 g/mol. The molecule has 1 saturated heterocycles. The summed E-state index contributed by atoms with van der Waals surface area (Å²) in [6.07, 6.45) is 3.64. The molecule has 1 aromatic rings. The van der Waals surface area contributed by atoms with Gasteiger partial charge in [-0.3, -0.25) is 4.79 Å². The monoisotopic (exact) mass is 247 g/mol. The van der Waals surface area contributed by atoms with Gasteiger partial charge >= 0.3 is 0 Å². The van der Waals surface area contributed by atoms with Gasteiger partial charge in [-0.25, -0.2) is 0 Å². The summed E-state index contributed by atoms with van der Waals surface area (Å²) < 4.78 is 10.9. The molecule has 1 aliphatic heterocycles. The Balaban J connectivity index is 1.96. The Kier molecular flexibility index (Phi) is 4.50. The van der Waals surface area contributed by atoms with Gasteiger partial charge in [0.1, 0.15) is 0 Å². The summed E-state index contributed by atoms with van der Waals surface area (Å²) in [6.45, 7) is 3.33. The first-order valence-electron chi connectivity index (χ1n) is 6.00. The average Bonchev–Trinajstić information content (AvgIpc) is 2.89. The van der Waals surface area contributed by atoms with Crippen molar-refractivity contribution in [2.75, 3.05) is 19.8 Å². The normalized spacial score (nSPS) is 16.3. The highest BCUT2D eigenvalue weighted by atomic mass is 16.7. The van der Waals surface area contributed by atoms with E-state index >= 15 is 0 Å². The van der Waals surface area contributed by atoms with Crippen LogP contribution in [-0.2, 0) is 14.3 Å². The lowest BCUT2D eigenvalue weighted by Crippen LogP contribution is -2.19. The van der Waals surface area contributed by atoms with Gasteiger partial charge in [-0.1, -0.05) is 30.4 Å². The van der Waals surface area contributed by atoms with Gasteiger partial charge in [0.25, 0.3) is 0 Å². The van der Waals surface area contributed by atoms with E-state index < -0.39 is 0 Å². The van der Waals surface area contributed by atoms with E-state index in [1.54, 1.807) is 0 Å². The number of amides is 1. The Morgan fingerprint density at radius 1 is 1.44 bits per heavy atom. The van der Waals surface area contributed by atoms with Crippen molar-refractivity contribution in [2.24, 2.45) is 0 Å². The molecule has 1 heterocycles. The van der Waals surface area contributed by atoms with Crippen LogP contribution in [0.15, 0.2) is 30.3 Å². The van der Waals surface area contributed by atoms with Crippen LogP contribution in [0.2, 0.25) is 0 Å². The van der Waals surface area contributed by atoms with Crippen LogP contribution in [0.3, 0.4) is 0 Å². The zero-order chi connectivity index (χ0) is 12.8. The van der Waals surface area contributed by atoms with Crippen LogP contribution in [0, 0.1) is 0 Å². The van der Waals surface area contributed by atoms with Crippen molar-refractivity contribution in [3.8, 4) is 0 Å². The highest BCUT2D eigenvalue weighted by Gasteiger charge is 2.17. The molecule has 0 atom stereocenters. The molecule has 1 amide bonds. The molecule has 0 bridgehead atoms. The number of hydrogen-bond donors (Lipinski definition) is 1. The molecule has 1 fully saturated rings. The minimum absolute atomic E-state index is 0.0267. The predicted molar refractivity (Wildman–Crippen MR) is 68.8 cm³/mol. The second-order valence-electron chi connectivity index (χ2n) is 4.08. The highest BCUT2D eigenvalue weighted by molar-refractivity contribution is 5.73. The molecule has 18 heavy (non-hydrogen) atoms. The second kappa shape index (κ2) is 6.33. The second-order valence-corrected chi connectivity index (χ2v) is 4.08. The largest absolute Gasteiger partial charge is 0.353 e. The maximum absolute atomic E-state index is 10.7. The van der Waals surface area contributed by atoms with E-state index in [1.807, 2.05) is 36.4 Å². The smallest absolute Gasteiger partial charge is 0.217 e. The number of benzene rings is 1. The molecule has 4 nitrogen and oxygen atoms in total. The third-order valence-electron chi connectivity index (χ3n) is 2.58. The fourth-order valence-corrected chi connectivity index (χ4v) is 1.76. The Morgan fingerprint density at radius 2 is 2.22 bits per heavy atom. The standard InChI is InChI=1S/C14H17NO3/c1-11(16)15-7-3-5-12-4-2-6-13(10-12)14-17-8-9-18-14/h2-6,10,14H,7-9H2,1H3,(H,15,16). The molecule has 0 aliphatic carbocycles. The zero-order valence-corrected chi connectivity index (χ0v) is 10.4. The summed E-state index contributed by atoms with van der Waals surface area (Å²) in [5, 5.41) is 2.71. The number of carbonyl (C=O) groups is 1. The molecule has 0 spiro atoms. The molecule has 1 N–H and O–H groups in total. The molecular formula is C14H17NO3. The lowest BCUT2D eigenvalue weighted by Gasteiger charge is -2.09. The van der Waals surface area contributed by atoms with Gasteiger partial charge in [0.2, 0.25) is 5.91 Å². The number of rotatable bonds is 4. The fourth-order valence-electron chi connectivity index (χ4n) is 1.76. The van der Waals surface area contributed by atoms with Gasteiger partial charge in [-0.05, 0) is 11.6 Å². The maximum Gasteiger partial charge on any atom is 0.217 e. The molecule has 96 valence electrons. The Bertz CT molecular complexity index is 436. The minimum Gasteiger partial charge on any atom is -0.353 e. The lowest BCUT2D eigenvalue weighted by molar-refractivity contribution is -0.118. The first kappa shape index (κ1) is 12.8. The van der Waals surface area contributed by atoms with Crippen molar-refractivity contribution >= 4 is 12.0 Å². The molecule has 0 radical (unpaired) electrons. The fraction of sp³-hybridized carbons (Fsp3) is 0.357. The van der Waals surface area contributed by atoms with Crippen molar-refractivity contribution in [1.82, 2.24) is 5.32 Å². The van der Waals surface area contributed by atoms with Gasteiger partial charge in [0.05, 0.1) is 13.2 Å². The van der Waals surface area contributed by atoms with Crippen LogP contribution < -0.4 is 5.32 Å². The van der Waals surface area contributed by atoms with Gasteiger partial charge in [0, 0.05) is 19.0 Å². The summed E-state index contributed by atoms with van der Waals surface area (Å²) >= 11 is 0. The van der Waals surface area contributed by atoms with E-state index in [9.17, 15) is 4.79 Å². The van der Waals surface area contributed by atoms with E-state index in [2.05, 4.69) is 5.32 Å². The van der Waals surface area contributed by atoms with Crippen LogP contribution in [0.1, 0.15) is 24.3 Å². The van der Waals surface area contributed by atoms with Crippen LogP contribution >= 0.6 is 0 Å². The highest BCUT2D eigenvalue weighted by Crippen LogP contribution is 2.23. The number of ether oxygens (including phenoxy) is 2. The van der Waals surface area contributed by atoms with Crippen molar-refractivity contribution in [2.45, 2.75) is 13.2 Å². The Hall–Kier alpha value is -1.65. The zero-order valence-electron chi connectivity index (χ0n) is 10.4. The summed E-state index contributed by atoms with van der Waals surface area (Å²) in [5.41, 5.74) is 2.09. The molecule has 0 saturated carbocycles. The van der Waals surface area contributed by atoms with Crippen molar-refractivity contribution in [3.05, 3.63) is 41.5 Å². The van der Waals surface area contributed by atoms with Crippen molar-refractivity contribution < 1.29 is 14.3 Å². The van der Waals surface area contributed by atoms with E-state index in [1.165, 1.54) is 6.92 Å². The Labute approximate surface area is 107 Å². The van der Waals surface area contributed by atoms with E-state index in [0.29, 0.717) is 19.8 Å². The number of nitrogens with one attached hydrogen (secondary N) is 1. The van der Waals surface area contributed by atoms with Crippen LogP contribution in [0.25, 0.3) is 6.08 Å². The first-order chi connectivity index (χ1) is 8.75. The van der Waals surface area contributed by atoms with Gasteiger partial charge in [-0.15, -0.1) is 0 Å². The van der Waals surface area contributed by atoms with Crippen LogP contribution in [0.5, 0.6) is 0 Å².